The van der Waals surface area contributed by atoms with E-state index in [4.69, 9.17) is 17.3 Å². The Kier molecular flexibility index (Phi) is 23.0. The molecule has 4 aromatic rings. The lowest BCUT2D eigenvalue weighted by Gasteiger charge is -2.24. The van der Waals surface area contributed by atoms with Crippen LogP contribution in [-0.2, 0) is 67.2 Å². The normalized spacial score (nSPS) is 15.7. The molecule has 1 aromatic heterocycles. The molecular weight excluding hydrogens is 1020 g/mol. The first-order valence-electron chi connectivity index (χ1n) is 24.8. The molecule has 0 unspecified atom stereocenters. The minimum Gasteiger partial charge on any atom is -0.368 e. The van der Waals surface area contributed by atoms with Gasteiger partial charge in [-0.25, -0.2) is 0 Å². The second-order valence-corrected chi connectivity index (χ2v) is 18.4. The maximum atomic E-state index is 13.7. The number of carbonyl (C=O) groups is 10. The first kappa shape index (κ1) is 59.1. The molecule has 1 aliphatic heterocycles. The third-order valence-electron chi connectivity index (χ3n) is 11.8. The van der Waals surface area contributed by atoms with Crippen LogP contribution in [0.3, 0.4) is 0 Å². The molecule has 26 heteroatoms. The Labute approximate surface area is 449 Å². The Morgan fingerprint density at radius 2 is 0.974 bits per heavy atom. The van der Waals surface area contributed by atoms with E-state index in [0.717, 1.165) is 5.56 Å². The van der Waals surface area contributed by atoms with Gasteiger partial charge < -0.3 is 64.2 Å². The van der Waals surface area contributed by atoms with Crippen molar-refractivity contribution in [2.24, 2.45) is 5.73 Å². The quantitative estimate of drug-likeness (QED) is 0.0399. The molecule has 0 aliphatic carbocycles. The van der Waals surface area contributed by atoms with Gasteiger partial charge in [0.1, 0.15) is 42.3 Å². The molecule has 0 radical (unpaired) electrons. The fraction of sp³-hybridized carbons (Fsp3) is 0.392. The molecule has 1 aliphatic rings. The monoisotopic (exact) mass is 1080 g/mol. The van der Waals surface area contributed by atoms with Crippen molar-refractivity contribution in [2.75, 3.05) is 36.8 Å². The van der Waals surface area contributed by atoms with Gasteiger partial charge in [-0.05, 0) is 68.3 Å². The number of aromatic nitrogens is 3. The van der Waals surface area contributed by atoms with E-state index in [1.165, 1.54) is 20.8 Å². The Hall–Kier alpha value is -8.74. The number of rotatable bonds is 23. The number of carbonyl (C=O) groups excluding carboxylic acids is 10. The van der Waals surface area contributed by atoms with Crippen LogP contribution in [0.25, 0.3) is 0 Å². The Morgan fingerprint density at radius 1 is 0.558 bits per heavy atom. The largest absolute Gasteiger partial charge is 0.368 e. The smallest absolute Gasteiger partial charge is 0.243 e. The number of hydrogen-bond donors (Lipinski definition) is 12. The van der Waals surface area contributed by atoms with Gasteiger partial charge >= 0.3 is 0 Å². The molecule has 7 atom stereocenters. The molecular formula is C51H64ClN15O10. The van der Waals surface area contributed by atoms with E-state index < -0.39 is 114 Å². The highest BCUT2D eigenvalue weighted by molar-refractivity contribution is 6.28. The van der Waals surface area contributed by atoms with Crippen molar-refractivity contribution in [1.82, 2.24) is 62.8 Å². The van der Waals surface area contributed by atoms with Gasteiger partial charge in [0, 0.05) is 25.8 Å². The highest BCUT2D eigenvalue weighted by Gasteiger charge is 2.30. The summed E-state index contributed by atoms with van der Waals surface area (Å²) >= 11 is 5.98. The van der Waals surface area contributed by atoms with Crippen LogP contribution in [0.5, 0.6) is 0 Å². The summed E-state index contributed by atoms with van der Waals surface area (Å²) in [5, 5.41) is 28.6. The number of primary amides is 1. The lowest BCUT2D eigenvalue weighted by molar-refractivity contribution is -0.134. The molecule has 2 bridgehead atoms. The zero-order valence-corrected chi connectivity index (χ0v) is 43.4. The van der Waals surface area contributed by atoms with Gasteiger partial charge in [0.15, 0.2) is 0 Å². The zero-order chi connectivity index (χ0) is 55.9. The summed E-state index contributed by atoms with van der Waals surface area (Å²) in [6.07, 6.45) is 1.36. The van der Waals surface area contributed by atoms with Gasteiger partial charge in [-0.1, -0.05) is 91.0 Å². The molecule has 3 aromatic carbocycles. The number of amides is 10. The van der Waals surface area contributed by atoms with E-state index in [9.17, 15) is 47.9 Å². The molecule has 0 fully saturated rings. The average molecular weight is 1080 g/mol. The van der Waals surface area contributed by atoms with Crippen LogP contribution < -0.4 is 64.2 Å². The molecule has 13 N–H and O–H groups in total. The van der Waals surface area contributed by atoms with Crippen molar-refractivity contribution in [3.63, 3.8) is 0 Å². The Balaban J connectivity index is 1.12. The van der Waals surface area contributed by atoms with Gasteiger partial charge in [-0.3, -0.25) is 47.9 Å². The summed E-state index contributed by atoms with van der Waals surface area (Å²) in [4.78, 5) is 144. The van der Waals surface area contributed by atoms with Crippen molar-refractivity contribution >= 4 is 82.6 Å². The van der Waals surface area contributed by atoms with E-state index in [1.54, 1.807) is 91.0 Å². The fourth-order valence-corrected chi connectivity index (χ4v) is 7.77. The Bertz CT molecular complexity index is 2710. The molecule has 5 rings (SSSR count). The third kappa shape index (κ3) is 20.5. The first-order chi connectivity index (χ1) is 36.8. The van der Waals surface area contributed by atoms with Crippen molar-refractivity contribution < 1.29 is 47.9 Å². The minimum atomic E-state index is -1.25. The summed E-state index contributed by atoms with van der Waals surface area (Å²) in [5.41, 5.74) is 7.58. The molecule has 2 heterocycles. The van der Waals surface area contributed by atoms with E-state index in [1.807, 2.05) is 0 Å². The number of nitrogens with two attached hydrogens (primary N) is 1. The summed E-state index contributed by atoms with van der Waals surface area (Å²) in [7, 11) is 0. The van der Waals surface area contributed by atoms with Gasteiger partial charge in [-0.15, -0.1) is 0 Å². The van der Waals surface area contributed by atoms with Crippen molar-refractivity contribution in [1.29, 1.82) is 0 Å². The summed E-state index contributed by atoms with van der Waals surface area (Å²) in [6, 6.07) is 18.1. The molecule has 10 amide bonds. The maximum absolute atomic E-state index is 13.7. The number of anilines is 2. The van der Waals surface area contributed by atoms with Crippen LogP contribution in [0.1, 0.15) is 56.7 Å². The van der Waals surface area contributed by atoms with E-state index >= 15 is 0 Å². The average Bonchev–Trinajstić information content (AvgIpc) is 3.41. The van der Waals surface area contributed by atoms with Crippen LogP contribution in [-0.4, -0.2) is 142 Å². The number of hydrogen-bond acceptors (Lipinski definition) is 15. The number of nitrogens with one attached hydrogen (secondary N) is 11. The predicted octanol–water partition coefficient (Wildman–Crippen LogP) is -1.57. The number of halogens is 1. The predicted molar refractivity (Wildman–Crippen MR) is 282 cm³/mol. The van der Waals surface area contributed by atoms with E-state index in [2.05, 4.69) is 73.4 Å². The van der Waals surface area contributed by atoms with Gasteiger partial charge in [-0.2, -0.15) is 15.0 Å². The lowest BCUT2D eigenvalue weighted by atomic mass is 10.0. The van der Waals surface area contributed by atoms with E-state index in [0.29, 0.717) is 30.5 Å². The Morgan fingerprint density at radius 3 is 1.43 bits per heavy atom. The zero-order valence-electron chi connectivity index (χ0n) is 42.7. The SMILES string of the molecule is C[C@H](NC(=O)CNC(=O)[C@H](Cc1ccccc1)NC(=O)[C@H](C)NC(=O)CNC(=O)[C@H](Cc1ccccc1)NC(=O)[C@H](C)NC(=O)[C@@H]1CCCCNc2nc(Cl)nc(n2)NCC(=O)N1)C(=O)N[C@@H](Cc1ccccc1)C(N)=O. The molecule has 25 nitrogen and oxygen atoms in total. The summed E-state index contributed by atoms with van der Waals surface area (Å²) in [6.45, 7) is 3.05. The van der Waals surface area contributed by atoms with Crippen LogP contribution in [0.2, 0.25) is 5.28 Å². The molecule has 410 valence electrons. The molecule has 0 spiro atoms. The minimum absolute atomic E-state index is 0.0142. The van der Waals surface area contributed by atoms with Crippen molar-refractivity contribution in [2.45, 2.75) is 102 Å². The van der Waals surface area contributed by atoms with Gasteiger partial charge in [0.05, 0.1) is 19.6 Å². The summed E-state index contributed by atoms with van der Waals surface area (Å²) < 4.78 is 0. The maximum Gasteiger partial charge on any atom is 0.243 e. The lowest BCUT2D eigenvalue weighted by Crippen LogP contribution is -2.57. The second-order valence-electron chi connectivity index (χ2n) is 18.0. The molecule has 77 heavy (non-hydrogen) atoms. The fourth-order valence-electron chi connectivity index (χ4n) is 7.61. The van der Waals surface area contributed by atoms with Crippen molar-refractivity contribution in [3.8, 4) is 0 Å². The summed E-state index contributed by atoms with van der Waals surface area (Å²) in [5.74, 6) is -7.01. The molecule has 0 saturated heterocycles. The van der Waals surface area contributed by atoms with Gasteiger partial charge in [0.25, 0.3) is 0 Å². The number of benzene rings is 3. The first-order valence-corrected chi connectivity index (χ1v) is 25.2. The number of fused-ring (bicyclic) bond motifs is 2. The highest BCUT2D eigenvalue weighted by Crippen LogP contribution is 2.12. The standard InChI is InChI=1S/C51H64ClN15O10/c1-29(43(72)62-36(42(53)71)23-32-15-7-4-8-16-32)58-39(68)26-55-46(75)37(24-33-17-9-5-10-18-33)63-44(73)30(2)59-40(69)27-56-47(76)38(25-34-19-11-6-12-20-34)64-45(74)31(3)60-48(77)35-21-13-14-22-54-50-65-49(52)66-51(67-50)57-28-41(70)61-35/h4-12,15-20,29-31,35-38H,13-14,21-28H2,1-3H3,(H2,53,71)(H,55,75)(H,56,76)(H,58,68)(H,59,69)(H,60,77)(H,61,70)(H,62,72)(H,63,73)(H,64,74)(H2,54,57,65,66,67)/t29-,30-,31-,35-,36-,37-,38-/m0/s1. The van der Waals surface area contributed by atoms with Crippen LogP contribution >= 0.6 is 11.6 Å². The van der Waals surface area contributed by atoms with Gasteiger partial charge in [0.2, 0.25) is 76.3 Å². The third-order valence-corrected chi connectivity index (χ3v) is 12.0. The van der Waals surface area contributed by atoms with Crippen LogP contribution in [0.4, 0.5) is 11.9 Å². The van der Waals surface area contributed by atoms with Crippen molar-refractivity contribution in [3.05, 3.63) is 113 Å². The van der Waals surface area contributed by atoms with Crippen LogP contribution in [0, 0.1) is 0 Å². The topological polar surface area (TPSA) is 368 Å². The number of nitrogens with zero attached hydrogens (tertiary/aromatic N) is 3. The molecule has 0 saturated carbocycles. The van der Waals surface area contributed by atoms with E-state index in [-0.39, 0.29) is 49.4 Å². The van der Waals surface area contributed by atoms with Crippen LogP contribution in [0.15, 0.2) is 91.0 Å². The second kappa shape index (κ2) is 30.0. The highest BCUT2D eigenvalue weighted by atomic mass is 35.5.